The molecule has 19 heavy (non-hydrogen) atoms. The molecule has 0 aliphatic carbocycles. The van der Waals surface area contributed by atoms with Gasteiger partial charge in [-0.1, -0.05) is 44.1 Å². The molecule has 0 fully saturated rings. The van der Waals surface area contributed by atoms with Crippen LogP contribution in [0, 0.1) is 8.99 Å². The van der Waals surface area contributed by atoms with E-state index in [4.69, 9.17) is 11.6 Å². The summed E-state index contributed by atoms with van der Waals surface area (Å²) in [4.78, 5) is 4.59. The van der Waals surface area contributed by atoms with E-state index in [1.54, 1.807) is 0 Å². The highest BCUT2D eigenvalue weighted by atomic mass is 127. The molecule has 1 aromatic carbocycles. The average Bonchev–Trinajstić information content (AvgIpc) is 2.67. The Morgan fingerprint density at radius 1 is 1.47 bits per heavy atom. The maximum Gasteiger partial charge on any atom is 0.161 e. The Morgan fingerprint density at radius 2 is 2.21 bits per heavy atom. The number of amidine groups is 1. The highest BCUT2D eigenvalue weighted by molar-refractivity contribution is 14.1. The maximum atomic E-state index is 5.96. The first-order chi connectivity index (χ1) is 8.83. The molecular formula is C14H18ClIN2S. The summed E-state index contributed by atoms with van der Waals surface area (Å²) in [6, 6.07) is 5.86. The van der Waals surface area contributed by atoms with E-state index in [1.807, 2.05) is 30.0 Å². The van der Waals surface area contributed by atoms with Crippen molar-refractivity contribution >= 4 is 56.8 Å². The summed E-state index contributed by atoms with van der Waals surface area (Å²) in [6.07, 6.45) is 1.18. The van der Waals surface area contributed by atoms with Gasteiger partial charge < -0.3 is 5.32 Å². The summed E-state index contributed by atoms with van der Waals surface area (Å²) in [6.45, 7) is 7.75. The third-order valence-corrected chi connectivity index (χ3v) is 4.96. The topological polar surface area (TPSA) is 24.4 Å². The zero-order valence-electron chi connectivity index (χ0n) is 11.3. The van der Waals surface area contributed by atoms with Gasteiger partial charge in [-0.15, -0.1) is 0 Å². The van der Waals surface area contributed by atoms with Crippen molar-refractivity contribution in [3.63, 3.8) is 0 Å². The Balaban J connectivity index is 1.95. The molecule has 1 aromatic rings. The first kappa shape index (κ1) is 15.4. The van der Waals surface area contributed by atoms with E-state index >= 15 is 0 Å². The summed E-state index contributed by atoms with van der Waals surface area (Å²) in [7, 11) is 0. The highest BCUT2D eigenvalue weighted by Gasteiger charge is 2.25. The van der Waals surface area contributed by atoms with Gasteiger partial charge in [-0.2, -0.15) is 0 Å². The van der Waals surface area contributed by atoms with Gasteiger partial charge in [-0.3, -0.25) is 4.99 Å². The van der Waals surface area contributed by atoms with E-state index < -0.39 is 0 Å². The van der Waals surface area contributed by atoms with Crippen LogP contribution in [0.1, 0.15) is 27.2 Å². The number of anilines is 1. The van der Waals surface area contributed by atoms with Crippen LogP contribution in [0.15, 0.2) is 23.2 Å². The van der Waals surface area contributed by atoms with Crippen molar-refractivity contribution in [2.45, 2.75) is 32.4 Å². The lowest BCUT2D eigenvalue weighted by atomic mass is 9.90. The van der Waals surface area contributed by atoms with Gasteiger partial charge in [0.25, 0.3) is 0 Å². The second kappa shape index (κ2) is 6.22. The van der Waals surface area contributed by atoms with Crippen molar-refractivity contribution in [2.75, 3.05) is 11.9 Å². The molecule has 2 rings (SSSR count). The molecule has 2 nitrogen and oxygen atoms in total. The molecule has 0 radical (unpaired) electrons. The molecule has 1 aliphatic heterocycles. The van der Waals surface area contributed by atoms with Crippen molar-refractivity contribution in [3.05, 3.63) is 26.8 Å². The first-order valence-electron chi connectivity index (χ1n) is 6.27. The normalized spacial score (nSPS) is 19.4. The number of nitrogens with zero attached hydrogens (tertiary/aromatic N) is 1. The molecule has 0 saturated heterocycles. The van der Waals surface area contributed by atoms with Gasteiger partial charge in [0.1, 0.15) is 0 Å². The number of hydrogen-bond donors (Lipinski definition) is 1. The predicted octanol–water partition coefficient (Wildman–Crippen LogP) is 5.26. The summed E-state index contributed by atoms with van der Waals surface area (Å²) in [5.74, 6) is 0. The molecule has 0 bridgehead atoms. The van der Waals surface area contributed by atoms with E-state index in [0.29, 0.717) is 10.7 Å². The molecule has 0 saturated carbocycles. The van der Waals surface area contributed by atoms with E-state index in [0.717, 1.165) is 26.0 Å². The SMILES string of the molecule is CC(C)(C)CC1CN=C(Nc2ccc(Cl)cc2I)S1. The number of hydrogen-bond acceptors (Lipinski definition) is 3. The number of halogens is 2. The Morgan fingerprint density at radius 3 is 2.84 bits per heavy atom. The second-order valence-electron chi connectivity index (χ2n) is 5.90. The van der Waals surface area contributed by atoms with Crippen LogP contribution >= 0.6 is 46.0 Å². The number of thioether (sulfide) groups is 1. The van der Waals surface area contributed by atoms with Crippen molar-refractivity contribution in [3.8, 4) is 0 Å². The molecule has 1 N–H and O–H groups in total. The minimum Gasteiger partial charge on any atom is -0.334 e. The molecule has 1 unspecified atom stereocenters. The Kier molecular flexibility index (Phi) is 5.06. The zero-order chi connectivity index (χ0) is 14.0. The maximum absolute atomic E-state index is 5.96. The molecule has 104 valence electrons. The Hall–Kier alpha value is 0.0600. The number of rotatable bonds is 2. The van der Waals surface area contributed by atoms with Crippen LogP contribution in [0.5, 0.6) is 0 Å². The lowest BCUT2D eigenvalue weighted by molar-refractivity contribution is 0.375. The molecule has 5 heteroatoms. The lowest BCUT2D eigenvalue weighted by Crippen LogP contribution is -2.16. The molecule has 1 aliphatic rings. The Bertz CT molecular complexity index is 497. The van der Waals surface area contributed by atoms with Gasteiger partial charge in [-0.05, 0) is 52.6 Å². The molecular weight excluding hydrogens is 391 g/mol. The highest BCUT2D eigenvalue weighted by Crippen LogP contribution is 2.33. The summed E-state index contributed by atoms with van der Waals surface area (Å²) >= 11 is 10.1. The first-order valence-corrected chi connectivity index (χ1v) is 8.60. The monoisotopic (exact) mass is 408 g/mol. The quantitative estimate of drug-likeness (QED) is 0.675. The third-order valence-electron chi connectivity index (χ3n) is 2.73. The van der Waals surface area contributed by atoms with Crippen LogP contribution in [-0.4, -0.2) is 17.0 Å². The minimum atomic E-state index is 0.358. The van der Waals surface area contributed by atoms with Gasteiger partial charge >= 0.3 is 0 Å². The van der Waals surface area contributed by atoms with Crippen molar-refractivity contribution in [1.82, 2.24) is 0 Å². The molecule has 1 atom stereocenters. The summed E-state index contributed by atoms with van der Waals surface area (Å²) in [5, 5.41) is 5.78. The van der Waals surface area contributed by atoms with Crippen LogP contribution in [0.3, 0.4) is 0 Å². The van der Waals surface area contributed by atoms with Gasteiger partial charge in [-0.25, -0.2) is 0 Å². The minimum absolute atomic E-state index is 0.358. The van der Waals surface area contributed by atoms with Gasteiger partial charge in [0.15, 0.2) is 5.17 Å². The van der Waals surface area contributed by atoms with E-state index in [1.165, 1.54) is 6.42 Å². The van der Waals surface area contributed by atoms with Crippen LogP contribution < -0.4 is 5.32 Å². The third kappa shape index (κ3) is 4.83. The van der Waals surface area contributed by atoms with E-state index in [2.05, 4.69) is 53.7 Å². The molecule has 1 heterocycles. The lowest BCUT2D eigenvalue weighted by Gasteiger charge is -2.21. The second-order valence-corrected chi connectivity index (χ2v) is 8.79. The summed E-state index contributed by atoms with van der Waals surface area (Å²) in [5.41, 5.74) is 1.44. The smallest absolute Gasteiger partial charge is 0.161 e. The van der Waals surface area contributed by atoms with Crippen molar-refractivity contribution in [1.29, 1.82) is 0 Å². The number of nitrogens with one attached hydrogen (secondary N) is 1. The largest absolute Gasteiger partial charge is 0.334 e. The predicted molar refractivity (Wildman–Crippen MR) is 95.5 cm³/mol. The fraction of sp³-hybridized carbons (Fsp3) is 0.500. The zero-order valence-corrected chi connectivity index (χ0v) is 15.1. The fourth-order valence-corrected chi connectivity index (χ4v) is 4.35. The van der Waals surface area contributed by atoms with E-state index in [9.17, 15) is 0 Å². The van der Waals surface area contributed by atoms with E-state index in [-0.39, 0.29) is 0 Å². The van der Waals surface area contributed by atoms with Gasteiger partial charge in [0.2, 0.25) is 0 Å². The fourth-order valence-electron chi connectivity index (χ4n) is 1.98. The standard InChI is InChI=1S/C14H18ClIN2S/c1-14(2,3)7-10-8-17-13(19-10)18-12-5-4-9(15)6-11(12)16/h4-6,10H,7-8H2,1-3H3,(H,17,18). The van der Waals surface area contributed by atoms with Crippen LogP contribution in [-0.2, 0) is 0 Å². The number of benzene rings is 1. The van der Waals surface area contributed by atoms with Crippen LogP contribution in [0.4, 0.5) is 5.69 Å². The van der Waals surface area contributed by atoms with Crippen molar-refractivity contribution in [2.24, 2.45) is 10.4 Å². The Labute approximate surface area is 137 Å². The average molecular weight is 409 g/mol. The van der Waals surface area contributed by atoms with Gasteiger partial charge in [0, 0.05) is 13.8 Å². The molecule has 0 aromatic heterocycles. The molecule has 0 amide bonds. The number of aliphatic imine (C=N–C) groups is 1. The van der Waals surface area contributed by atoms with Crippen LogP contribution in [0.2, 0.25) is 5.02 Å². The molecule has 0 spiro atoms. The van der Waals surface area contributed by atoms with Crippen molar-refractivity contribution < 1.29 is 0 Å². The van der Waals surface area contributed by atoms with Gasteiger partial charge in [0.05, 0.1) is 12.2 Å². The summed E-state index contributed by atoms with van der Waals surface area (Å²) < 4.78 is 1.12. The van der Waals surface area contributed by atoms with Crippen LogP contribution in [0.25, 0.3) is 0 Å².